The minimum absolute atomic E-state index is 0.00384. The van der Waals surface area contributed by atoms with Crippen molar-refractivity contribution in [3.8, 4) is 0 Å². The summed E-state index contributed by atoms with van der Waals surface area (Å²) in [5.74, 6) is -1.30. The molecular weight excluding hydrogens is 214 g/mol. The maximum Gasteiger partial charge on any atom is 0.163 e. The van der Waals surface area contributed by atoms with Gasteiger partial charge in [-0.05, 0) is 25.1 Å². The fourth-order valence-corrected chi connectivity index (χ4v) is 1.75. The van der Waals surface area contributed by atoms with E-state index in [1.165, 1.54) is 12.3 Å². The molecule has 2 nitrogen and oxygen atoms in total. The molecule has 1 aromatic carbocycles. The van der Waals surface area contributed by atoms with Gasteiger partial charge in [-0.25, -0.2) is 8.78 Å². The van der Waals surface area contributed by atoms with Gasteiger partial charge >= 0.3 is 0 Å². The number of benzene rings is 1. The quantitative estimate of drug-likeness (QED) is 0.733. The number of halogens is 2. The van der Waals surface area contributed by atoms with Crippen LogP contribution in [0.3, 0.4) is 0 Å². The number of hydrogen-bond donors (Lipinski definition) is 0. The van der Waals surface area contributed by atoms with Gasteiger partial charge in [-0.2, -0.15) is 0 Å². The van der Waals surface area contributed by atoms with Crippen molar-refractivity contribution in [1.82, 2.24) is 0 Å². The van der Waals surface area contributed by atoms with E-state index < -0.39 is 17.2 Å². The Kier molecular flexibility index (Phi) is 2.50. The number of carbonyl (C=O) groups is 1. The lowest BCUT2D eigenvalue weighted by atomic mass is 9.88. The fourth-order valence-electron chi connectivity index (χ4n) is 1.75. The predicted octanol–water partition coefficient (Wildman–Crippen LogP) is 2.68. The van der Waals surface area contributed by atoms with E-state index in [0.29, 0.717) is 0 Å². The highest BCUT2D eigenvalue weighted by Gasteiger charge is 2.35. The van der Waals surface area contributed by atoms with Crippen molar-refractivity contribution < 1.29 is 18.3 Å². The minimum Gasteiger partial charge on any atom is -0.490 e. The first-order valence-electron chi connectivity index (χ1n) is 4.84. The van der Waals surface area contributed by atoms with Crippen LogP contribution in [0.5, 0.6) is 0 Å². The second-order valence-electron chi connectivity index (χ2n) is 3.92. The van der Waals surface area contributed by atoms with Crippen molar-refractivity contribution in [2.75, 3.05) is 0 Å². The maximum atomic E-state index is 13.5. The molecule has 16 heavy (non-hydrogen) atoms. The monoisotopic (exact) mass is 224 g/mol. The van der Waals surface area contributed by atoms with Crippen LogP contribution in [-0.4, -0.2) is 5.78 Å². The molecule has 0 amide bonds. The molecule has 0 saturated heterocycles. The van der Waals surface area contributed by atoms with Crippen LogP contribution in [0.1, 0.15) is 18.9 Å². The SMILES string of the molecule is CC1(c2cc(F)ccc2F)CC(=O)C=CO1. The van der Waals surface area contributed by atoms with Gasteiger partial charge in [0.2, 0.25) is 0 Å². The third-order valence-corrected chi connectivity index (χ3v) is 2.59. The molecule has 84 valence electrons. The van der Waals surface area contributed by atoms with Gasteiger partial charge in [-0.3, -0.25) is 4.79 Å². The van der Waals surface area contributed by atoms with Crippen LogP contribution in [0.15, 0.2) is 30.5 Å². The molecule has 1 aliphatic rings. The van der Waals surface area contributed by atoms with E-state index in [1.54, 1.807) is 6.92 Å². The Morgan fingerprint density at radius 3 is 2.81 bits per heavy atom. The van der Waals surface area contributed by atoms with Crippen LogP contribution >= 0.6 is 0 Å². The standard InChI is InChI=1S/C12H10F2O2/c1-12(7-9(15)4-5-16-12)10-6-8(13)2-3-11(10)14/h2-6H,7H2,1H3. The first-order valence-corrected chi connectivity index (χ1v) is 4.84. The molecule has 0 bridgehead atoms. The Labute approximate surface area is 91.5 Å². The first kappa shape index (κ1) is 10.8. The van der Waals surface area contributed by atoms with Crippen LogP contribution in [0, 0.1) is 11.6 Å². The number of rotatable bonds is 1. The highest BCUT2D eigenvalue weighted by Crippen LogP contribution is 2.34. The van der Waals surface area contributed by atoms with E-state index in [-0.39, 0.29) is 17.8 Å². The van der Waals surface area contributed by atoms with E-state index in [9.17, 15) is 13.6 Å². The normalized spacial score (nSPS) is 24.3. The molecule has 0 N–H and O–H groups in total. The first-order chi connectivity index (χ1) is 7.51. The summed E-state index contributed by atoms with van der Waals surface area (Å²) in [6.07, 6.45) is 2.50. The zero-order chi connectivity index (χ0) is 11.8. The van der Waals surface area contributed by atoms with Gasteiger partial charge in [0.05, 0.1) is 12.7 Å². The molecule has 0 saturated carbocycles. The topological polar surface area (TPSA) is 26.3 Å². The summed E-state index contributed by atoms with van der Waals surface area (Å²) in [4.78, 5) is 11.3. The van der Waals surface area contributed by atoms with Crippen molar-refractivity contribution in [2.45, 2.75) is 18.9 Å². The summed E-state index contributed by atoms with van der Waals surface area (Å²) in [5, 5.41) is 0. The van der Waals surface area contributed by atoms with E-state index in [1.807, 2.05) is 0 Å². The molecule has 0 radical (unpaired) electrons. The Morgan fingerprint density at radius 1 is 1.38 bits per heavy atom. The van der Waals surface area contributed by atoms with Crippen LogP contribution < -0.4 is 0 Å². The lowest BCUT2D eigenvalue weighted by molar-refractivity contribution is -0.122. The average molecular weight is 224 g/mol. The van der Waals surface area contributed by atoms with Crippen molar-refractivity contribution in [2.24, 2.45) is 0 Å². The lowest BCUT2D eigenvalue weighted by Gasteiger charge is -2.31. The molecule has 1 unspecified atom stereocenters. The van der Waals surface area contributed by atoms with Crippen molar-refractivity contribution >= 4 is 5.78 Å². The molecule has 1 atom stereocenters. The van der Waals surface area contributed by atoms with Crippen LogP contribution in [0.25, 0.3) is 0 Å². The number of hydrogen-bond acceptors (Lipinski definition) is 2. The number of ketones is 1. The smallest absolute Gasteiger partial charge is 0.163 e. The van der Waals surface area contributed by atoms with Crippen molar-refractivity contribution in [3.05, 3.63) is 47.7 Å². The number of allylic oxidation sites excluding steroid dienone is 1. The number of carbonyl (C=O) groups excluding carboxylic acids is 1. The Bertz CT molecular complexity index is 468. The molecule has 0 spiro atoms. The molecule has 0 aliphatic carbocycles. The minimum atomic E-state index is -1.13. The van der Waals surface area contributed by atoms with Gasteiger partial charge in [0.15, 0.2) is 5.78 Å². The summed E-state index contributed by atoms with van der Waals surface area (Å²) in [7, 11) is 0. The van der Waals surface area contributed by atoms with Gasteiger partial charge < -0.3 is 4.74 Å². The van der Waals surface area contributed by atoms with Crippen molar-refractivity contribution in [1.29, 1.82) is 0 Å². The molecule has 4 heteroatoms. The molecule has 1 aromatic rings. The molecular formula is C12H10F2O2. The zero-order valence-corrected chi connectivity index (χ0v) is 8.67. The lowest BCUT2D eigenvalue weighted by Crippen LogP contribution is -2.31. The van der Waals surface area contributed by atoms with Gasteiger partial charge in [0.1, 0.15) is 17.2 Å². The highest BCUT2D eigenvalue weighted by molar-refractivity contribution is 5.91. The highest BCUT2D eigenvalue weighted by atomic mass is 19.1. The summed E-state index contributed by atoms with van der Waals surface area (Å²) >= 11 is 0. The second kappa shape index (κ2) is 3.70. The van der Waals surface area contributed by atoms with Crippen LogP contribution in [0.4, 0.5) is 8.78 Å². The van der Waals surface area contributed by atoms with E-state index in [2.05, 4.69) is 0 Å². The molecule has 1 heterocycles. The third kappa shape index (κ3) is 1.83. The van der Waals surface area contributed by atoms with Crippen molar-refractivity contribution in [3.63, 3.8) is 0 Å². The zero-order valence-electron chi connectivity index (χ0n) is 8.67. The van der Waals surface area contributed by atoms with E-state index >= 15 is 0 Å². The van der Waals surface area contributed by atoms with Gasteiger partial charge in [-0.15, -0.1) is 0 Å². The average Bonchev–Trinajstić information content (AvgIpc) is 2.21. The number of ether oxygens (including phenoxy) is 1. The molecule has 1 aliphatic heterocycles. The summed E-state index contributed by atoms with van der Waals surface area (Å²) in [5.41, 5.74) is -1.07. The van der Waals surface area contributed by atoms with Crippen LogP contribution in [0.2, 0.25) is 0 Å². The van der Waals surface area contributed by atoms with E-state index in [4.69, 9.17) is 4.74 Å². The Balaban J connectivity index is 2.46. The third-order valence-electron chi connectivity index (χ3n) is 2.59. The molecule has 0 fully saturated rings. The maximum absolute atomic E-state index is 13.5. The Hall–Kier alpha value is -1.71. The summed E-state index contributed by atoms with van der Waals surface area (Å²) in [6.45, 7) is 1.56. The predicted molar refractivity (Wildman–Crippen MR) is 53.6 cm³/mol. The van der Waals surface area contributed by atoms with Gasteiger partial charge in [0, 0.05) is 11.6 Å². The van der Waals surface area contributed by atoms with Gasteiger partial charge in [-0.1, -0.05) is 0 Å². The summed E-state index contributed by atoms with van der Waals surface area (Å²) < 4.78 is 31.8. The largest absolute Gasteiger partial charge is 0.490 e. The van der Waals surface area contributed by atoms with Gasteiger partial charge in [0.25, 0.3) is 0 Å². The fraction of sp³-hybridized carbons (Fsp3) is 0.250. The molecule has 2 rings (SSSR count). The summed E-state index contributed by atoms with van der Waals surface area (Å²) in [6, 6.07) is 3.12. The Morgan fingerprint density at radius 2 is 2.12 bits per heavy atom. The second-order valence-corrected chi connectivity index (χ2v) is 3.92. The van der Waals surface area contributed by atoms with E-state index in [0.717, 1.165) is 18.2 Å². The molecule has 0 aromatic heterocycles. The van der Waals surface area contributed by atoms with Crippen LogP contribution in [-0.2, 0) is 15.1 Å².